The van der Waals surface area contributed by atoms with E-state index in [1.54, 1.807) is 11.3 Å². The molecule has 0 N–H and O–H groups in total. The molecular weight excluding hydrogens is 142 g/mol. The molecule has 0 radical (unpaired) electrons. The summed E-state index contributed by atoms with van der Waals surface area (Å²) in [7, 11) is 0. The molecule has 0 aliphatic carbocycles. The third-order valence-corrected chi connectivity index (χ3v) is 2.23. The SMILES string of the molecule is [2H]c1nc(C)cc2ccsc12. The normalized spacial score (nSPS) is 11.9. The summed E-state index contributed by atoms with van der Waals surface area (Å²) in [6.45, 7) is 1.91. The highest BCUT2D eigenvalue weighted by molar-refractivity contribution is 7.17. The molecule has 0 aromatic carbocycles. The zero-order chi connectivity index (χ0) is 7.84. The Morgan fingerprint density at radius 1 is 1.70 bits per heavy atom. The molecule has 0 aliphatic heterocycles. The van der Waals surface area contributed by atoms with E-state index in [2.05, 4.69) is 4.98 Å². The number of hydrogen-bond acceptors (Lipinski definition) is 2. The summed E-state index contributed by atoms with van der Waals surface area (Å²) in [5, 5.41) is 3.12. The number of thiophene rings is 1. The molecule has 0 spiro atoms. The third-order valence-electron chi connectivity index (χ3n) is 1.39. The fourth-order valence-electron chi connectivity index (χ4n) is 0.920. The minimum Gasteiger partial charge on any atom is -0.260 e. The maximum atomic E-state index is 7.52. The number of rotatable bonds is 0. The van der Waals surface area contributed by atoms with E-state index in [0.29, 0.717) is 6.17 Å². The van der Waals surface area contributed by atoms with Crippen LogP contribution in [0.5, 0.6) is 0 Å². The molecule has 2 heterocycles. The van der Waals surface area contributed by atoms with Crippen LogP contribution >= 0.6 is 11.3 Å². The zero-order valence-electron chi connectivity index (χ0n) is 6.59. The van der Waals surface area contributed by atoms with Crippen LogP contribution < -0.4 is 0 Å². The Balaban J connectivity index is 2.91. The van der Waals surface area contributed by atoms with Gasteiger partial charge in [0.1, 0.15) is 0 Å². The summed E-state index contributed by atoms with van der Waals surface area (Å²) >= 11 is 1.57. The summed E-state index contributed by atoms with van der Waals surface area (Å²) in [6, 6.07) is 4.02. The number of nitrogens with zero attached hydrogens (tertiary/aromatic N) is 1. The lowest BCUT2D eigenvalue weighted by Crippen LogP contribution is -1.75. The predicted octanol–water partition coefficient (Wildman–Crippen LogP) is 2.60. The second-order valence-corrected chi connectivity index (χ2v) is 3.13. The van der Waals surface area contributed by atoms with Crippen molar-refractivity contribution < 1.29 is 1.37 Å². The smallest absolute Gasteiger partial charge is 0.0855 e. The van der Waals surface area contributed by atoms with Crippen molar-refractivity contribution in [2.24, 2.45) is 0 Å². The molecule has 2 heteroatoms. The number of hydrogen-bond donors (Lipinski definition) is 0. The topological polar surface area (TPSA) is 12.9 Å². The first kappa shape index (κ1) is 4.85. The largest absolute Gasteiger partial charge is 0.260 e. The Bertz CT molecular complexity index is 394. The highest BCUT2D eigenvalue weighted by Crippen LogP contribution is 2.19. The molecule has 0 atom stereocenters. The van der Waals surface area contributed by atoms with Crippen molar-refractivity contribution in [3.63, 3.8) is 0 Å². The molecule has 1 nitrogen and oxygen atoms in total. The Labute approximate surface area is 64.7 Å². The molecule has 10 heavy (non-hydrogen) atoms. The van der Waals surface area contributed by atoms with Crippen molar-refractivity contribution in [3.8, 4) is 0 Å². The van der Waals surface area contributed by atoms with E-state index in [9.17, 15) is 0 Å². The molecule has 2 aromatic rings. The van der Waals surface area contributed by atoms with Crippen molar-refractivity contribution in [1.82, 2.24) is 4.98 Å². The van der Waals surface area contributed by atoms with Crippen molar-refractivity contribution in [2.75, 3.05) is 0 Å². The number of aromatic nitrogens is 1. The second-order valence-electron chi connectivity index (χ2n) is 2.21. The van der Waals surface area contributed by atoms with Gasteiger partial charge in [0, 0.05) is 11.9 Å². The Hall–Kier alpha value is -0.890. The zero-order valence-corrected chi connectivity index (χ0v) is 6.40. The standard InChI is InChI=1S/C8H7NS/c1-6-4-7-2-3-10-8(7)5-9-6/h2-5H,1H3/i5D. The van der Waals surface area contributed by atoms with Crippen LogP contribution in [0.2, 0.25) is 0 Å². The molecule has 0 saturated heterocycles. The van der Waals surface area contributed by atoms with Crippen LogP contribution in [0.1, 0.15) is 7.06 Å². The van der Waals surface area contributed by atoms with Crippen molar-refractivity contribution in [3.05, 3.63) is 29.4 Å². The molecule has 0 saturated carbocycles. The van der Waals surface area contributed by atoms with Gasteiger partial charge < -0.3 is 0 Å². The first-order valence-corrected chi connectivity index (χ1v) is 3.97. The molecule has 0 fully saturated rings. The third kappa shape index (κ3) is 0.809. The molecule has 0 unspecified atom stereocenters. The molecule has 50 valence electrons. The first-order valence-electron chi connectivity index (χ1n) is 3.59. The minimum absolute atomic E-state index is 0.398. The van der Waals surface area contributed by atoms with Gasteiger partial charge in [0.05, 0.1) is 6.07 Å². The van der Waals surface area contributed by atoms with Gasteiger partial charge in [0.15, 0.2) is 0 Å². The lowest BCUT2D eigenvalue weighted by molar-refractivity contribution is 1.23. The maximum absolute atomic E-state index is 7.52. The highest BCUT2D eigenvalue weighted by Gasteiger charge is 1.93. The van der Waals surface area contributed by atoms with Crippen molar-refractivity contribution in [1.29, 1.82) is 0 Å². The summed E-state index contributed by atoms with van der Waals surface area (Å²) in [5.41, 5.74) is 0.918. The molecule has 0 aliphatic rings. The van der Waals surface area contributed by atoms with Gasteiger partial charge in [0.2, 0.25) is 0 Å². The van der Waals surface area contributed by atoms with Crippen LogP contribution in [-0.4, -0.2) is 4.98 Å². The summed E-state index contributed by atoms with van der Waals surface area (Å²) < 4.78 is 8.50. The predicted molar refractivity (Wildman–Crippen MR) is 44.4 cm³/mol. The fraction of sp³-hybridized carbons (Fsp3) is 0.125. The second kappa shape index (κ2) is 2.06. The van der Waals surface area contributed by atoms with Gasteiger partial charge in [-0.05, 0) is 29.8 Å². The van der Waals surface area contributed by atoms with E-state index in [-0.39, 0.29) is 0 Å². The Kier molecular flexibility index (Phi) is 1.000. The van der Waals surface area contributed by atoms with E-state index in [1.165, 1.54) is 0 Å². The molecule has 0 bridgehead atoms. The van der Waals surface area contributed by atoms with E-state index in [4.69, 9.17) is 1.37 Å². The van der Waals surface area contributed by atoms with E-state index < -0.39 is 0 Å². The average Bonchev–Trinajstić information content (AvgIpc) is 2.34. The fourth-order valence-corrected chi connectivity index (χ4v) is 1.63. The van der Waals surface area contributed by atoms with E-state index in [0.717, 1.165) is 15.8 Å². The average molecular weight is 150 g/mol. The lowest BCUT2D eigenvalue weighted by atomic mass is 10.3. The monoisotopic (exact) mass is 150 g/mol. The van der Waals surface area contributed by atoms with Crippen LogP contribution in [0.15, 0.2) is 23.7 Å². The van der Waals surface area contributed by atoms with Crippen LogP contribution in [0.4, 0.5) is 0 Å². The van der Waals surface area contributed by atoms with Gasteiger partial charge in [-0.15, -0.1) is 11.3 Å². The van der Waals surface area contributed by atoms with Gasteiger partial charge >= 0.3 is 0 Å². The van der Waals surface area contributed by atoms with E-state index >= 15 is 0 Å². The Morgan fingerprint density at radius 3 is 3.50 bits per heavy atom. The van der Waals surface area contributed by atoms with Crippen LogP contribution in [-0.2, 0) is 0 Å². The maximum Gasteiger partial charge on any atom is 0.0855 e. The van der Waals surface area contributed by atoms with Gasteiger partial charge in [-0.1, -0.05) is 0 Å². The first-order chi connectivity index (χ1) is 5.27. The van der Waals surface area contributed by atoms with E-state index in [1.807, 2.05) is 24.4 Å². The number of fused-ring (bicyclic) bond motifs is 1. The molecule has 0 amide bonds. The van der Waals surface area contributed by atoms with Crippen LogP contribution in [0, 0.1) is 6.92 Å². The summed E-state index contributed by atoms with van der Waals surface area (Å²) in [4.78, 5) is 4.05. The van der Waals surface area contributed by atoms with Crippen molar-refractivity contribution in [2.45, 2.75) is 6.92 Å². The van der Waals surface area contributed by atoms with Crippen LogP contribution in [0.3, 0.4) is 0 Å². The van der Waals surface area contributed by atoms with Gasteiger partial charge in [-0.25, -0.2) is 0 Å². The Morgan fingerprint density at radius 2 is 2.60 bits per heavy atom. The summed E-state index contributed by atoms with van der Waals surface area (Å²) in [6.07, 6.45) is 0.398. The lowest BCUT2D eigenvalue weighted by Gasteiger charge is -1.89. The quantitative estimate of drug-likeness (QED) is 0.562. The van der Waals surface area contributed by atoms with Crippen LogP contribution in [0.25, 0.3) is 10.1 Å². The molecule has 2 aromatic heterocycles. The van der Waals surface area contributed by atoms with Gasteiger partial charge in [-0.2, -0.15) is 0 Å². The number of aryl methyl sites for hydroxylation is 1. The van der Waals surface area contributed by atoms with Gasteiger partial charge in [0.25, 0.3) is 0 Å². The van der Waals surface area contributed by atoms with Gasteiger partial charge in [-0.3, -0.25) is 4.98 Å². The minimum atomic E-state index is 0.398. The number of pyridine rings is 1. The highest BCUT2D eigenvalue weighted by atomic mass is 32.1. The van der Waals surface area contributed by atoms with Crippen molar-refractivity contribution >= 4 is 21.4 Å². The summed E-state index contributed by atoms with van der Waals surface area (Å²) in [5.74, 6) is 0. The molecular formula is C8H7NS. The molecule has 2 rings (SSSR count).